The number of benzene rings is 2. The number of methoxy groups -OCH3 is 1. The van der Waals surface area contributed by atoms with Gasteiger partial charge in [-0.05, 0) is 67.3 Å². The number of esters is 1. The number of nitrogens with one attached hydrogen (secondary N) is 1. The fourth-order valence-electron chi connectivity index (χ4n) is 4.96. The largest absolute Gasteiger partial charge is 0.465 e. The lowest BCUT2D eigenvalue weighted by molar-refractivity contribution is 0.0600. The summed E-state index contributed by atoms with van der Waals surface area (Å²) < 4.78 is 33.3. The molecule has 8 nitrogen and oxygen atoms in total. The normalized spacial score (nSPS) is 15.6. The van der Waals surface area contributed by atoms with Crippen LogP contribution < -0.4 is 9.62 Å². The summed E-state index contributed by atoms with van der Waals surface area (Å²) in [6, 6.07) is 13.5. The number of hydrogen-bond acceptors (Lipinski definition) is 7. The number of anilines is 2. The summed E-state index contributed by atoms with van der Waals surface area (Å²) in [6.45, 7) is 4.98. The van der Waals surface area contributed by atoms with E-state index in [4.69, 9.17) is 4.74 Å². The zero-order chi connectivity index (χ0) is 26.2. The Morgan fingerprint density at radius 2 is 1.81 bits per heavy atom. The maximum Gasteiger partial charge on any atom is 0.341 e. The van der Waals surface area contributed by atoms with Gasteiger partial charge in [0.15, 0.2) is 0 Å². The molecule has 0 spiro atoms. The van der Waals surface area contributed by atoms with Gasteiger partial charge < -0.3 is 10.1 Å². The summed E-state index contributed by atoms with van der Waals surface area (Å²) in [4.78, 5) is 29.1. The summed E-state index contributed by atoms with van der Waals surface area (Å²) >= 11 is 1.39. The number of carbonyl (C=O) groups is 2. The summed E-state index contributed by atoms with van der Waals surface area (Å²) in [5.74, 6) is -0.885. The lowest BCUT2D eigenvalue weighted by atomic mass is 10.0. The average Bonchev–Trinajstić information content (AvgIpc) is 3.29. The molecule has 0 unspecified atom stereocenters. The zero-order valence-electron chi connectivity index (χ0n) is 20.8. The van der Waals surface area contributed by atoms with Crippen molar-refractivity contribution in [3.05, 3.63) is 75.7 Å². The number of fused-ring (bicyclic) bond motifs is 2. The first kappa shape index (κ1) is 25.4. The highest BCUT2D eigenvalue weighted by molar-refractivity contribution is 7.92. The van der Waals surface area contributed by atoms with Crippen molar-refractivity contribution in [1.82, 2.24) is 4.90 Å². The van der Waals surface area contributed by atoms with Crippen molar-refractivity contribution in [3.8, 4) is 0 Å². The van der Waals surface area contributed by atoms with Gasteiger partial charge in [0.1, 0.15) is 5.00 Å². The van der Waals surface area contributed by atoms with E-state index in [1.54, 1.807) is 0 Å². The number of aryl methyl sites for hydroxylation is 1. The maximum absolute atomic E-state index is 13.4. The van der Waals surface area contributed by atoms with Crippen molar-refractivity contribution in [2.24, 2.45) is 0 Å². The minimum atomic E-state index is -3.77. The Labute approximate surface area is 220 Å². The van der Waals surface area contributed by atoms with Gasteiger partial charge in [0, 0.05) is 30.1 Å². The first-order valence-electron chi connectivity index (χ1n) is 12.3. The van der Waals surface area contributed by atoms with Crippen LogP contribution in [0.3, 0.4) is 0 Å². The Morgan fingerprint density at radius 3 is 2.54 bits per heavy atom. The molecule has 0 bridgehead atoms. The first-order valence-corrected chi connectivity index (χ1v) is 14.6. The molecule has 2 aliphatic heterocycles. The second-order valence-electron chi connectivity index (χ2n) is 9.11. The van der Waals surface area contributed by atoms with Crippen LogP contribution in [-0.4, -0.2) is 51.9 Å². The number of ether oxygens (including phenoxy) is 1. The number of amides is 1. The Hall–Kier alpha value is -3.21. The molecule has 0 aliphatic carbocycles. The van der Waals surface area contributed by atoms with Gasteiger partial charge in [0.25, 0.3) is 15.9 Å². The molecule has 1 aromatic heterocycles. The van der Waals surface area contributed by atoms with Gasteiger partial charge in [-0.3, -0.25) is 14.0 Å². The quantitative estimate of drug-likeness (QED) is 0.469. The topological polar surface area (TPSA) is 96.0 Å². The maximum atomic E-state index is 13.4. The molecule has 2 aromatic carbocycles. The first-order chi connectivity index (χ1) is 17.8. The highest BCUT2D eigenvalue weighted by Gasteiger charge is 2.31. The van der Waals surface area contributed by atoms with Crippen LogP contribution in [0.4, 0.5) is 10.7 Å². The number of nitrogens with zero attached hydrogens (tertiary/aromatic N) is 2. The summed E-state index contributed by atoms with van der Waals surface area (Å²) in [5, 5.41) is 3.33. The predicted octanol–water partition coefficient (Wildman–Crippen LogP) is 4.31. The minimum absolute atomic E-state index is 0.127. The van der Waals surface area contributed by atoms with Crippen LogP contribution in [0.5, 0.6) is 0 Å². The van der Waals surface area contributed by atoms with Crippen LogP contribution in [0.25, 0.3) is 0 Å². The third-order valence-electron chi connectivity index (χ3n) is 6.97. The van der Waals surface area contributed by atoms with Crippen molar-refractivity contribution < 1.29 is 22.7 Å². The summed E-state index contributed by atoms with van der Waals surface area (Å²) in [7, 11) is -2.44. The molecular formula is C27H29N3O5S2. The van der Waals surface area contributed by atoms with E-state index in [2.05, 4.69) is 17.1 Å². The Kier molecular flexibility index (Phi) is 7.06. The van der Waals surface area contributed by atoms with Crippen molar-refractivity contribution in [1.29, 1.82) is 0 Å². The number of para-hydroxylation sites is 1. The minimum Gasteiger partial charge on any atom is -0.465 e. The van der Waals surface area contributed by atoms with E-state index >= 15 is 0 Å². The third-order valence-corrected chi connectivity index (χ3v) is 9.93. The molecule has 5 rings (SSSR count). The van der Waals surface area contributed by atoms with Crippen LogP contribution in [-0.2, 0) is 34.1 Å². The summed E-state index contributed by atoms with van der Waals surface area (Å²) in [6.07, 6.45) is 2.31. The predicted molar refractivity (Wildman–Crippen MR) is 144 cm³/mol. The second-order valence-corrected chi connectivity index (χ2v) is 12.1. The number of carbonyl (C=O) groups excluding carboxylic acids is 2. The van der Waals surface area contributed by atoms with Crippen LogP contribution in [0, 0.1) is 0 Å². The molecule has 0 atom stereocenters. The van der Waals surface area contributed by atoms with Gasteiger partial charge in [0.2, 0.25) is 0 Å². The number of hydrogen-bond donors (Lipinski definition) is 1. The molecule has 2 aliphatic rings. The van der Waals surface area contributed by atoms with E-state index in [9.17, 15) is 18.0 Å². The molecule has 10 heteroatoms. The zero-order valence-corrected chi connectivity index (χ0v) is 22.5. The van der Waals surface area contributed by atoms with Gasteiger partial charge in [-0.2, -0.15) is 0 Å². The van der Waals surface area contributed by atoms with Crippen LogP contribution in [0.2, 0.25) is 0 Å². The van der Waals surface area contributed by atoms with Crippen LogP contribution >= 0.6 is 11.3 Å². The molecule has 37 heavy (non-hydrogen) atoms. The monoisotopic (exact) mass is 539 g/mol. The number of thiophene rings is 1. The number of rotatable bonds is 6. The fourth-order valence-corrected chi connectivity index (χ4v) is 7.78. The Balaban J connectivity index is 1.38. The van der Waals surface area contributed by atoms with E-state index < -0.39 is 21.9 Å². The molecule has 194 valence electrons. The van der Waals surface area contributed by atoms with E-state index in [1.165, 1.54) is 47.0 Å². The van der Waals surface area contributed by atoms with Crippen molar-refractivity contribution in [2.75, 3.05) is 36.4 Å². The third kappa shape index (κ3) is 4.76. The molecule has 3 aromatic rings. The molecule has 3 heterocycles. The average molecular weight is 540 g/mol. The highest BCUT2D eigenvalue weighted by Crippen LogP contribution is 2.38. The molecular weight excluding hydrogens is 510 g/mol. The lowest BCUT2D eigenvalue weighted by Gasteiger charge is -2.30. The van der Waals surface area contributed by atoms with E-state index in [0.717, 1.165) is 48.5 Å². The molecule has 0 saturated heterocycles. The Morgan fingerprint density at radius 1 is 1.05 bits per heavy atom. The number of sulfonamides is 1. The van der Waals surface area contributed by atoms with E-state index in [1.807, 2.05) is 24.3 Å². The molecule has 0 fully saturated rings. The molecule has 0 radical (unpaired) electrons. The Bertz CT molecular complexity index is 1450. The van der Waals surface area contributed by atoms with Crippen LogP contribution in [0.15, 0.2) is 53.4 Å². The second kappa shape index (κ2) is 10.3. The SMILES string of the molecule is CCN1CCc2c(sc(NC(=O)c3ccc(S(=O)(=O)N4CCCc5ccccc54)cc3)c2C(=O)OC)C1. The molecule has 1 N–H and O–H groups in total. The standard InChI is InChI=1S/C27H29N3O5S2/c1-3-29-16-14-21-23(17-29)36-26(24(21)27(32)35-2)28-25(31)19-10-12-20(13-11-19)37(33,34)30-15-6-8-18-7-4-5-9-22(18)30/h4-5,7,9-13H,3,6,8,14-17H2,1-2H3,(H,28,31). The summed E-state index contributed by atoms with van der Waals surface area (Å²) in [5.41, 5.74) is 3.36. The van der Waals surface area contributed by atoms with Crippen molar-refractivity contribution in [2.45, 2.75) is 37.6 Å². The van der Waals surface area contributed by atoms with Gasteiger partial charge >= 0.3 is 5.97 Å². The van der Waals surface area contributed by atoms with Gasteiger partial charge in [-0.25, -0.2) is 13.2 Å². The van der Waals surface area contributed by atoms with E-state index in [0.29, 0.717) is 34.8 Å². The lowest BCUT2D eigenvalue weighted by Crippen LogP contribution is -2.35. The molecule has 0 saturated carbocycles. The van der Waals surface area contributed by atoms with Crippen molar-refractivity contribution >= 4 is 43.9 Å². The van der Waals surface area contributed by atoms with Gasteiger partial charge in [-0.15, -0.1) is 11.3 Å². The van der Waals surface area contributed by atoms with Crippen molar-refractivity contribution in [3.63, 3.8) is 0 Å². The van der Waals surface area contributed by atoms with Gasteiger partial charge in [0.05, 0.1) is 23.3 Å². The molecule has 1 amide bonds. The highest BCUT2D eigenvalue weighted by atomic mass is 32.2. The fraction of sp³-hybridized carbons (Fsp3) is 0.333. The smallest absolute Gasteiger partial charge is 0.341 e. The number of likely N-dealkylation sites (N-methyl/N-ethyl adjacent to an activating group) is 1. The van der Waals surface area contributed by atoms with Gasteiger partial charge in [-0.1, -0.05) is 25.1 Å². The van der Waals surface area contributed by atoms with Crippen LogP contribution in [0.1, 0.15) is 50.1 Å². The van der Waals surface area contributed by atoms with E-state index in [-0.39, 0.29) is 4.90 Å².